The molecule has 3 N–H and O–H groups in total. The normalized spacial score (nSPS) is 15.4. The standard InChI is InChI=1S/C26H30F6N2O6/c1-38-22-10-16-6-7-34(13-17(16)11-23(22)39-2)24(36)20(21(35)14-40-33-37)5-3-4-15-8-18(25(27,28)29)12-19(9-15)26(30,31)32/h8-12,20-21,33,35,37H,3-7,13-14H2,1-2H3/t20-,21-/m1/s1. The number of hydrogen-bond donors (Lipinski definition) is 3. The number of methoxy groups -OCH3 is 2. The largest absolute Gasteiger partial charge is 0.493 e. The van der Waals surface area contributed by atoms with Gasteiger partial charge in [0.1, 0.15) is 0 Å². The van der Waals surface area contributed by atoms with Crippen LogP contribution in [-0.2, 0) is 41.4 Å². The van der Waals surface area contributed by atoms with Crippen LogP contribution in [0.1, 0.15) is 40.7 Å². The van der Waals surface area contributed by atoms with E-state index >= 15 is 0 Å². The number of carbonyl (C=O) groups excluding carboxylic acids is 1. The lowest BCUT2D eigenvalue weighted by molar-refractivity contribution is -0.162. The van der Waals surface area contributed by atoms with Crippen LogP contribution in [-0.4, -0.2) is 54.6 Å². The number of carbonyl (C=O) groups is 1. The maximum Gasteiger partial charge on any atom is 0.416 e. The van der Waals surface area contributed by atoms with Crippen molar-refractivity contribution in [3.63, 3.8) is 0 Å². The number of nitrogens with zero attached hydrogens (tertiary/aromatic N) is 1. The van der Waals surface area contributed by atoms with Gasteiger partial charge in [0.05, 0.1) is 44.0 Å². The van der Waals surface area contributed by atoms with E-state index < -0.39 is 48.0 Å². The van der Waals surface area contributed by atoms with Crippen molar-refractivity contribution in [2.24, 2.45) is 5.92 Å². The molecular formula is C26H30F6N2O6. The first kappa shape index (κ1) is 31.5. The molecule has 222 valence electrons. The van der Waals surface area contributed by atoms with Gasteiger partial charge in [0, 0.05) is 13.1 Å². The van der Waals surface area contributed by atoms with Gasteiger partial charge in [-0.25, -0.2) is 0 Å². The van der Waals surface area contributed by atoms with Crippen molar-refractivity contribution in [2.75, 3.05) is 27.4 Å². The number of ether oxygens (including phenoxy) is 2. The van der Waals surface area contributed by atoms with Crippen LogP contribution in [0.4, 0.5) is 26.3 Å². The van der Waals surface area contributed by atoms with E-state index in [1.54, 1.807) is 6.07 Å². The molecule has 2 aromatic rings. The number of aliphatic hydroxyl groups excluding tert-OH is 1. The highest BCUT2D eigenvalue weighted by molar-refractivity contribution is 5.80. The quantitative estimate of drug-likeness (QED) is 0.265. The number of hydrogen-bond acceptors (Lipinski definition) is 7. The van der Waals surface area contributed by atoms with Crippen molar-refractivity contribution >= 4 is 5.91 Å². The molecule has 0 aromatic heterocycles. The van der Waals surface area contributed by atoms with E-state index in [0.29, 0.717) is 36.6 Å². The fraction of sp³-hybridized carbons (Fsp3) is 0.500. The summed E-state index contributed by atoms with van der Waals surface area (Å²) < 4.78 is 89.9. The van der Waals surface area contributed by atoms with E-state index in [1.807, 2.05) is 6.07 Å². The zero-order chi connectivity index (χ0) is 29.7. The Hall–Kier alpha value is -3.07. The number of aryl methyl sites for hydroxylation is 1. The minimum Gasteiger partial charge on any atom is -0.493 e. The average molecular weight is 581 g/mol. The molecule has 2 aromatic carbocycles. The summed E-state index contributed by atoms with van der Waals surface area (Å²) >= 11 is 0. The molecule has 3 rings (SSSR count). The zero-order valence-electron chi connectivity index (χ0n) is 21.7. The predicted molar refractivity (Wildman–Crippen MR) is 128 cm³/mol. The van der Waals surface area contributed by atoms with Crippen LogP contribution in [0.3, 0.4) is 0 Å². The molecule has 0 aliphatic carbocycles. The molecule has 1 aliphatic rings. The minimum absolute atomic E-state index is 0.00588. The number of halogens is 6. The summed E-state index contributed by atoms with van der Waals surface area (Å²) in [6.45, 7) is -0.0181. The highest BCUT2D eigenvalue weighted by atomic mass is 19.4. The van der Waals surface area contributed by atoms with E-state index in [1.165, 1.54) is 24.8 Å². The fourth-order valence-electron chi connectivity index (χ4n) is 4.71. The number of rotatable bonds is 11. The molecule has 8 nitrogen and oxygen atoms in total. The fourth-order valence-corrected chi connectivity index (χ4v) is 4.71. The highest BCUT2D eigenvalue weighted by Gasteiger charge is 2.37. The molecule has 14 heteroatoms. The molecular weight excluding hydrogens is 550 g/mol. The third kappa shape index (κ3) is 7.77. The molecule has 0 spiro atoms. The Morgan fingerprint density at radius 1 is 0.975 bits per heavy atom. The van der Waals surface area contributed by atoms with Crippen molar-refractivity contribution in [1.29, 1.82) is 0 Å². The number of amides is 1. The first-order valence-electron chi connectivity index (χ1n) is 12.3. The van der Waals surface area contributed by atoms with Crippen molar-refractivity contribution in [2.45, 2.75) is 50.7 Å². The molecule has 0 bridgehead atoms. The van der Waals surface area contributed by atoms with E-state index in [9.17, 15) is 36.2 Å². The van der Waals surface area contributed by atoms with E-state index in [2.05, 4.69) is 4.84 Å². The Morgan fingerprint density at radius 2 is 1.55 bits per heavy atom. The first-order chi connectivity index (χ1) is 18.8. The number of alkyl halides is 6. The van der Waals surface area contributed by atoms with Gasteiger partial charge in [0.15, 0.2) is 11.5 Å². The summed E-state index contributed by atoms with van der Waals surface area (Å²) in [4.78, 5) is 19.6. The minimum atomic E-state index is -4.98. The third-order valence-corrected chi connectivity index (χ3v) is 6.76. The van der Waals surface area contributed by atoms with Crippen molar-refractivity contribution in [1.82, 2.24) is 10.5 Å². The monoisotopic (exact) mass is 580 g/mol. The maximum atomic E-state index is 13.5. The second-order valence-electron chi connectivity index (χ2n) is 9.37. The predicted octanol–water partition coefficient (Wildman–Crippen LogP) is 4.54. The van der Waals surface area contributed by atoms with Gasteiger partial charge in [-0.15, -0.1) is 0 Å². The second-order valence-corrected chi connectivity index (χ2v) is 9.37. The molecule has 40 heavy (non-hydrogen) atoms. The number of nitrogens with one attached hydrogen (secondary N) is 1. The van der Waals surface area contributed by atoms with Gasteiger partial charge in [-0.2, -0.15) is 26.3 Å². The van der Waals surface area contributed by atoms with Gasteiger partial charge >= 0.3 is 12.4 Å². The van der Waals surface area contributed by atoms with Crippen molar-refractivity contribution in [3.8, 4) is 11.5 Å². The van der Waals surface area contributed by atoms with E-state index in [4.69, 9.17) is 14.7 Å². The molecule has 1 heterocycles. The molecule has 0 unspecified atom stereocenters. The van der Waals surface area contributed by atoms with Gasteiger partial charge in [-0.1, -0.05) is 5.64 Å². The number of benzene rings is 2. The second kappa shape index (κ2) is 13.1. The van der Waals surface area contributed by atoms with Crippen LogP contribution >= 0.6 is 0 Å². The number of aliphatic hydroxyl groups is 1. The summed E-state index contributed by atoms with van der Waals surface area (Å²) in [7, 11) is 2.97. The average Bonchev–Trinajstić information content (AvgIpc) is 2.91. The molecule has 2 atom stereocenters. The van der Waals surface area contributed by atoms with Gasteiger partial charge in [-0.05, 0) is 72.7 Å². The lowest BCUT2D eigenvalue weighted by atomic mass is 9.91. The Balaban J connectivity index is 1.78. The first-order valence-corrected chi connectivity index (χ1v) is 12.3. The Kier molecular flexibility index (Phi) is 10.3. The van der Waals surface area contributed by atoms with Crippen LogP contribution in [0.2, 0.25) is 0 Å². The SMILES string of the molecule is COc1cc2c(cc1OC)CN(C(=O)[C@H](CCCc1cc(C(F)(F)F)cc(C(F)(F)F)c1)[C@H](O)CONO)CC2. The highest BCUT2D eigenvalue weighted by Crippen LogP contribution is 2.37. The van der Waals surface area contributed by atoms with Crippen molar-refractivity contribution < 1.29 is 55.8 Å². The van der Waals surface area contributed by atoms with Gasteiger partial charge in [-0.3, -0.25) is 14.8 Å². The molecule has 1 aliphatic heterocycles. The summed E-state index contributed by atoms with van der Waals surface area (Å²) in [5, 5.41) is 19.3. The molecule has 0 saturated carbocycles. The lowest BCUT2D eigenvalue weighted by Gasteiger charge is -2.33. The van der Waals surface area contributed by atoms with Gasteiger partial charge < -0.3 is 19.5 Å². The van der Waals surface area contributed by atoms with Gasteiger partial charge in [0.2, 0.25) is 5.91 Å². The summed E-state index contributed by atoms with van der Waals surface area (Å²) in [5.74, 6) is -0.586. The van der Waals surface area contributed by atoms with Crippen LogP contribution in [0.5, 0.6) is 11.5 Å². The van der Waals surface area contributed by atoms with Gasteiger partial charge in [0.25, 0.3) is 0 Å². The lowest BCUT2D eigenvalue weighted by Crippen LogP contribution is -2.45. The summed E-state index contributed by atoms with van der Waals surface area (Å²) in [6, 6.07) is 4.89. The zero-order valence-corrected chi connectivity index (χ0v) is 21.7. The smallest absolute Gasteiger partial charge is 0.416 e. The van der Waals surface area contributed by atoms with E-state index in [0.717, 1.165) is 11.1 Å². The Morgan fingerprint density at radius 3 is 2.08 bits per heavy atom. The molecule has 1 amide bonds. The molecule has 0 fully saturated rings. The Labute approximate surface area is 226 Å². The van der Waals surface area contributed by atoms with Crippen LogP contribution in [0, 0.1) is 5.92 Å². The van der Waals surface area contributed by atoms with E-state index in [-0.39, 0.29) is 37.4 Å². The van der Waals surface area contributed by atoms with Crippen LogP contribution in [0.25, 0.3) is 0 Å². The molecule has 0 radical (unpaired) electrons. The van der Waals surface area contributed by atoms with Crippen molar-refractivity contribution in [3.05, 3.63) is 58.1 Å². The summed E-state index contributed by atoms with van der Waals surface area (Å²) in [6.07, 6.45) is -11.2. The maximum absolute atomic E-state index is 13.5. The summed E-state index contributed by atoms with van der Waals surface area (Å²) in [5.41, 5.74) is 0.0888. The third-order valence-electron chi connectivity index (χ3n) is 6.76. The number of fused-ring (bicyclic) bond motifs is 1. The topological polar surface area (TPSA) is 100 Å². The molecule has 0 saturated heterocycles. The Bertz CT molecular complexity index is 1140. The van der Waals surface area contributed by atoms with Crippen LogP contribution in [0.15, 0.2) is 30.3 Å². The van der Waals surface area contributed by atoms with Crippen LogP contribution < -0.4 is 15.1 Å².